The molecule has 0 aromatic heterocycles. The molecule has 0 heterocycles. The highest BCUT2D eigenvalue weighted by Gasteiger charge is 2.16. The number of halogens is 1. The van der Waals surface area contributed by atoms with E-state index < -0.39 is 0 Å². The molecule has 2 rings (SSSR count). The summed E-state index contributed by atoms with van der Waals surface area (Å²) in [5, 5.41) is 0. The zero-order valence-electron chi connectivity index (χ0n) is 13.7. The smallest absolute Gasteiger partial charge is 0.126 e. The second kappa shape index (κ2) is 7.30. The van der Waals surface area contributed by atoms with E-state index in [1.807, 2.05) is 18.2 Å². The quantitative estimate of drug-likeness (QED) is 0.752. The molecule has 0 aliphatic rings. The molecule has 2 nitrogen and oxygen atoms in total. The van der Waals surface area contributed by atoms with Crippen LogP contribution in [0.25, 0.3) is 0 Å². The van der Waals surface area contributed by atoms with Gasteiger partial charge in [0.25, 0.3) is 0 Å². The molecule has 0 N–H and O–H groups in total. The van der Waals surface area contributed by atoms with E-state index in [4.69, 9.17) is 9.47 Å². The van der Waals surface area contributed by atoms with Crippen LogP contribution in [0.15, 0.2) is 36.4 Å². The first-order chi connectivity index (χ1) is 10.6. The van der Waals surface area contributed by atoms with Gasteiger partial charge in [-0.1, -0.05) is 32.4 Å². The van der Waals surface area contributed by atoms with Gasteiger partial charge in [-0.25, -0.2) is 4.39 Å². The van der Waals surface area contributed by atoms with E-state index >= 15 is 0 Å². The van der Waals surface area contributed by atoms with Crippen LogP contribution in [0.5, 0.6) is 11.5 Å². The van der Waals surface area contributed by atoms with Crippen molar-refractivity contribution >= 4 is 0 Å². The average Bonchev–Trinajstić information content (AvgIpc) is 2.54. The molecule has 0 aliphatic heterocycles. The molecule has 2 aromatic carbocycles. The van der Waals surface area contributed by atoms with Gasteiger partial charge in [0.2, 0.25) is 0 Å². The Labute approximate surface area is 131 Å². The van der Waals surface area contributed by atoms with Gasteiger partial charge in [0.15, 0.2) is 0 Å². The van der Waals surface area contributed by atoms with E-state index in [0.717, 1.165) is 41.0 Å². The maximum atomic E-state index is 13.4. The topological polar surface area (TPSA) is 18.5 Å². The predicted octanol–water partition coefficient (Wildman–Crippen LogP) is 4.95. The Morgan fingerprint density at radius 2 is 1.64 bits per heavy atom. The van der Waals surface area contributed by atoms with E-state index in [9.17, 15) is 4.39 Å². The lowest BCUT2D eigenvalue weighted by atomic mass is 9.91. The van der Waals surface area contributed by atoms with Crippen molar-refractivity contribution in [2.45, 2.75) is 32.6 Å². The SMILES string of the molecule is CCCc1c(OC)cc(C(C)c2cccc(F)c2)cc1OC. The summed E-state index contributed by atoms with van der Waals surface area (Å²) in [6, 6.07) is 10.8. The fraction of sp³-hybridized carbons (Fsp3) is 0.368. The lowest BCUT2D eigenvalue weighted by Gasteiger charge is -2.19. The normalized spacial score (nSPS) is 12.0. The number of hydrogen-bond acceptors (Lipinski definition) is 2. The van der Waals surface area contributed by atoms with Gasteiger partial charge < -0.3 is 9.47 Å². The number of benzene rings is 2. The maximum absolute atomic E-state index is 13.4. The average molecular weight is 302 g/mol. The van der Waals surface area contributed by atoms with Gasteiger partial charge in [-0.05, 0) is 41.8 Å². The van der Waals surface area contributed by atoms with Crippen LogP contribution in [0, 0.1) is 5.82 Å². The molecule has 0 saturated heterocycles. The van der Waals surface area contributed by atoms with E-state index in [-0.39, 0.29) is 11.7 Å². The Morgan fingerprint density at radius 3 is 2.14 bits per heavy atom. The van der Waals surface area contributed by atoms with Crippen molar-refractivity contribution in [3.05, 3.63) is 58.9 Å². The molecule has 0 bridgehead atoms. The van der Waals surface area contributed by atoms with Crippen LogP contribution < -0.4 is 9.47 Å². The Morgan fingerprint density at radius 1 is 1.00 bits per heavy atom. The monoisotopic (exact) mass is 302 g/mol. The van der Waals surface area contributed by atoms with Crippen molar-refractivity contribution in [1.82, 2.24) is 0 Å². The fourth-order valence-electron chi connectivity index (χ4n) is 2.72. The molecule has 118 valence electrons. The molecular weight excluding hydrogens is 279 g/mol. The maximum Gasteiger partial charge on any atom is 0.126 e. The molecule has 1 unspecified atom stereocenters. The van der Waals surface area contributed by atoms with E-state index in [1.165, 1.54) is 6.07 Å². The van der Waals surface area contributed by atoms with Crippen LogP contribution in [0.1, 0.15) is 42.9 Å². The number of ether oxygens (including phenoxy) is 2. The zero-order chi connectivity index (χ0) is 16.1. The van der Waals surface area contributed by atoms with Gasteiger partial charge in [0, 0.05) is 11.5 Å². The van der Waals surface area contributed by atoms with Gasteiger partial charge in [-0.2, -0.15) is 0 Å². The summed E-state index contributed by atoms with van der Waals surface area (Å²) >= 11 is 0. The number of methoxy groups -OCH3 is 2. The van der Waals surface area contributed by atoms with Gasteiger partial charge in [0.05, 0.1) is 14.2 Å². The fourth-order valence-corrected chi connectivity index (χ4v) is 2.72. The third-order valence-electron chi connectivity index (χ3n) is 3.98. The number of hydrogen-bond donors (Lipinski definition) is 0. The zero-order valence-corrected chi connectivity index (χ0v) is 13.7. The van der Waals surface area contributed by atoms with E-state index in [0.29, 0.717) is 0 Å². The van der Waals surface area contributed by atoms with Crippen molar-refractivity contribution in [3.8, 4) is 11.5 Å². The highest BCUT2D eigenvalue weighted by Crippen LogP contribution is 2.36. The summed E-state index contributed by atoms with van der Waals surface area (Å²) in [6.45, 7) is 4.19. The molecule has 0 spiro atoms. The standard InChI is InChI=1S/C19H23FO2/c1-5-7-17-18(21-3)11-15(12-19(17)22-4)13(2)14-8-6-9-16(20)10-14/h6,8-13H,5,7H2,1-4H3. The Balaban J connectivity index is 2.46. The molecule has 0 fully saturated rings. The lowest BCUT2D eigenvalue weighted by Crippen LogP contribution is -2.02. The highest BCUT2D eigenvalue weighted by molar-refractivity contribution is 5.50. The molecule has 0 aliphatic carbocycles. The molecule has 2 aromatic rings. The van der Waals surface area contributed by atoms with Crippen LogP contribution in [-0.4, -0.2) is 14.2 Å². The highest BCUT2D eigenvalue weighted by atomic mass is 19.1. The molecule has 0 radical (unpaired) electrons. The minimum Gasteiger partial charge on any atom is -0.496 e. The van der Waals surface area contributed by atoms with Gasteiger partial charge in [-0.3, -0.25) is 0 Å². The van der Waals surface area contributed by atoms with Gasteiger partial charge in [-0.15, -0.1) is 0 Å². The first-order valence-electron chi connectivity index (χ1n) is 7.61. The number of rotatable bonds is 6. The predicted molar refractivity (Wildman–Crippen MR) is 87.5 cm³/mol. The third kappa shape index (κ3) is 3.41. The summed E-state index contributed by atoms with van der Waals surface area (Å²) in [4.78, 5) is 0. The van der Waals surface area contributed by atoms with Crippen molar-refractivity contribution in [3.63, 3.8) is 0 Å². The van der Waals surface area contributed by atoms with Crippen molar-refractivity contribution in [2.75, 3.05) is 14.2 Å². The summed E-state index contributed by atoms with van der Waals surface area (Å²) in [6.07, 6.45) is 1.92. The second-order valence-corrected chi connectivity index (χ2v) is 5.43. The third-order valence-corrected chi connectivity index (χ3v) is 3.98. The molecule has 0 amide bonds. The first-order valence-corrected chi connectivity index (χ1v) is 7.61. The van der Waals surface area contributed by atoms with E-state index in [2.05, 4.69) is 13.8 Å². The summed E-state index contributed by atoms with van der Waals surface area (Å²) in [5.41, 5.74) is 3.08. The molecule has 1 atom stereocenters. The van der Waals surface area contributed by atoms with Crippen molar-refractivity contribution < 1.29 is 13.9 Å². The summed E-state index contributed by atoms with van der Waals surface area (Å²) < 4.78 is 24.5. The van der Waals surface area contributed by atoms with E-state index in [1.54, 1.807) is 26.4 Å². The lowest BCUT2D eigenvalue weighted by molar-refractivity contribution is 0.383. The minimum absolute atomic E-state index is 0.0641. The Hall–Kier alpha value is -2.03. The van der Waals surface area contributed by atoms with Crippen LogP contribution in [0.3, 0.4) is 0 Å². The Kier molecular flexibility index (Phi) is 5.42. The first kappa shape index (κ1) is 16.3. The van der Waals surface area contributed by atoms with Crippen molar-refractivity contribution in [1.29, 1.82) is 0 Å². The van der Waals surface area contributed by atoms with Crippen LogP contribution in [0.4, 0.5) is 4.39 Å². The second-order valence-electron chi connectivity index (χ2n) is 5.43. The molecule has 3 heteroatoms. The van der Waals surface area contributed by atoms with Gasteiger partial charge in [0.1, 0.15) is 17.3 Å². The van der Waals surface area contributed by atoms with Gasteiger partial charge >= 0.3 is 0 Å². The molecule has 22 heavy (non-hydrogen) atoms. The molecule has 0 saturated carbocycles. The Bertz CT molecular complexity index is 612. The van der Waals surface area contributed by atoms with Crippen LogP contribution in [0.2, 0.25) is 0 Å². The van der Waals surface area contributed by atoms with Crippen LogP contribution >= 0.6 is 0 Å². The molecular formula is C19H23FO2. The summed E-state index contributed by atoms with van der Waals surface area (Å²) in [5.74, 6) is 1.51. The largest absolute Gasteiger partial charge is 0.496 e. The van der Waals surface area contributed by atoms with Crippen LogP contribution in [-0.2, 0) is 6.42 Å². The van der Waals surface area contributed by atoms with Crippen molar-refractivity contribution in [2.24, 2.45) is 0 Å². The minimum atomic E-state index is -0.217. The summed E-state index contributed by atoms with van der Waals surface area (Å²) in [7, 11) is 3.34.